The van der Waals surface area contributed by atoms with Gasteiger partial charge < -0.3 is 4.90 Å². The summed E-state index contributed by atoms with van der Waals surface area (Å²) in [5.74, 6) is -0.638. The van der Waals surface area contributed by atoms with E-state index in [0.717, 1.165) is 10.3 Å². The Kier molecular flexibility index (Phi) is 2.60. The summed E-state index contributed by atoms with van der Waals surface area (Å²) in [4.78, 5) is 14.7. The highest BCUT2D eigenvalue weighted by atomic mass is 16.2. The van der Waals surface area contributed by atoms with Crippen molar-refractivity contribution < 1.29 is 14.4 Å². The summed E-state index contributed by atoms with van der Waals surface area (Å²) in [5.41, 5.74) is -1.37. The van der Waals surface area contributed by atoms with E-state index in [0.29, 0.717) is 5.39 Å². The summed E-state index contributed by atoms with van der Waals surface area (Å²) in [6.07, 6.45) is 0. The normalized spacial score (nSPS) is 16.2. The van der Waals surface area contributed by atoms with Gasteiger partial charge in [-0.25, -0.2) is 0 Å². The molecule has 2 heteroatoms. The summed E-state index contributed by atoms with van der Waals surface area (Å²) in [7, 11) is 0. The molecule has 0 fully saturated rings. The largest absolute Gasteiger partial charge is 0.329 e. The Balaban J connectivity index is 2.29. The molecule has 3 aromatic rings. The van der Waals surface area contributed by atoms with E-state index in [1.54, 1.807) is 45.0 Å². The Bertz CT molecular complexity index is 1150. The number of benzene rings is 3. The van der Waals surface area contributed by atoms with Crippen molar-refractivity contribution in [2.45, 2.75) is 32.8 Å². The molecule has 3 aromatic carbocycles. The van der Waals surface area contributed by atoms with Gasteiger partial charge in [-0.3, -0.25) is 4.79 Å². The smallest absolute Gasteiger partial charge is 0.255 e. The first-order valence-electron chi connectivity index (χ1n) is 11.2. The molecule has 0 aliphatic heterocycles. The van der Waals surface area contributed by atoms with Crippen molar-refractivity contribution in [2.75, 3.05) is 0 Å². The standard InChI is InChI=1S/C22H23NO/c1-22(2,3)23(16-17-10-5-4-6-11-17)21(24)20-15-9-13-18-12-7-8-14-19(18)20/h4-15H,16H2,1-3H3/i4D,5D,6D,10D,11D,16D2. The Morgan fingerprint density at radius 3 is 2.42 bits per heavy atom. The van der Waals surface area contributed by atoms with Crippen LogP contribution in [0.3, 0.4) is 0 Å². The van der Waals surface area contributed by atoms with Crippen LogP contribution < -0.4 is 0 Å². The van der Waals surface area contributed by atoms with Gasteiger partial charge in [0.2, 0.25) is 0 Å². The monoisotopic (exact) mass is 324 g/mol. The highest BCUT2D eigenvalue weighted by Gasteiger charge is 2.28. The first-order chi connectivity index (χ1) is 14.3. The van der Waals surface area contributed by atoms with Gasteiger partial charge in [0, 0.05) is 17.6 Å². The van der Waals surface area contributed by atoms with Crippen molar-refractivity contribution in [3.8, 4) is 0 Å². The minimum Gasteiger partial charge on any atom is -0.329 e. The lowest BCUT2D eigenvalue weighted by Gasteiger charge is -2.36. The molecule has 0 N–H and O–H groups in total. The zero-order valence-corrected chi connectivity index (χ0v) is 13.9. The average Bonchev–Trinajstić information content (AvgIpc) is 2.69. The van der Waals surface area contributed by atoms with Crippen molar-refractivity contribution in [3.63, 3.8) is 0 Å². The average molecular weight is 324 g/mol. The van der Waals surface area contributed by atoms with Crippen LogP contribution in [0.25, 0.3) is 10.8 Å². The van der Waals surface area contributed by atoms with E-state index >= 15 is 0 Å². The van der Waals surface area contributed by atoms with Gasteiger partial charge in [-0.05, 0) is 43.2 Å². The van der Waals surface area contributed by atoms with Crippen LogP contribution in [0.5, 0.6) is 0 Å². The molecule has 122 valence electrons. The van der Waals surface area contributed by atoms with E-state index in [-0.39, 0.29) is 5.56 Å². The summed E-state index contributed by atoms with van der Waals surface area (Å²) < 4.78 is 57.7. The van der Waals surface area contributed by atoms with Crippen LogP contribution in [0.15, 0.2) is 72.7 Å². The molecule has 3 rings (SSSR count). The van der Waals surface area contributed by atoms with Gasteiger partial charge >= 0.3 is 0 Å². The summed E-state index contributed by atoms with van der Waals surface area (Å²) in [6, 6.07) is 9.13. The zero-order valence-electron chi connectivity index (χ0n) is 20.9. The van der Waals surface area contributed by atoms with Gasteiger partial charge in [0.15, 0.2) is 0 Å². The van der Waals surface area contributed by atoms with Crippen LogP contribution >= 0.6 is 0 Å². The van der Waals surface area contributed by atoms with E-state index < -0.39 is 53.7 Å². The lowest BCUT2D eigenvalue weighted by atomic mass is 9.99. The number of carbonyl (C=O) groups excluding carboxylic acids is 1. The van der Waals surface area contributed by atoms with Gasteiger partial charge in [-0.2, -0.15) is 0 Å². The van der Waals surface area contributed by atoms with Gasteiger partial charge in [0.05, 0.1) is 9.60 Å². The second kappa shape index (κ2) is 6.48. The topological polar surface area (TPSA) is 20.3 Å². The lowest BCUT2D eigenvalue weighted by molar-refractivity contribution is 0.0561. The molecule has 0 aliphatic carbocycles. The molecule has 0 radical (unpaired) electrons. The molecular formula is C22H23NO. The number of hydrogen-bond acceptors (Lipinski definition) is 1. The third-order valence-corrected chi connectivity index (χ3v) is 3.62. The van der Waals surface area contributed by atoms with Gasteiger partial charge in [0.25, 0.3) is 5.91 Å². The Morgan fingerprint density at radius 2 is 1.71 bits per heavy atom. The van der Waals surface area contributed by atoms with Crippen LogP contribution in [0.4, 0.5) is 0 Å². The van der Waals surface area contributed by atoms with Crippen LogP contribution in [0.2, 0.25) is 0 Å². The lowest BCUT2D eigenvalue weighted by Crippen LogP contribution is -2.45. The molecule has 0 spiro atoms. The zero-order chi connectivity index (χ0) is 23.3. The van der Waals surface area contributed by atoms with E-state index in [2.05, 4.69) is 0 Å². The predicted molar refractivity (Wildman–Crippen MR) is 100 cm³/mol. The van der Waals surface area contributed by atoms with E-state index in [9.17, 15) is 4.79 Å². The fourth-order valence-electron chi connectivity index (χ4n) is 2.47. The summed E-state index contributed by atoms with van der Waals surface area (Å²) in [5, 5.41) is 1.45. The number of hydrogen-bond donors (Lipinski definition) is 0. The quantitative estimate of drug-likeness (QED) is 0.642. The molecule has 0 saturated carbocycles. The molecule has 0 aliphatic rings. The van der Waals surface area contributed by atoms with E-state index in [4.69, 9.17) is 9.60 Å². The first-order valence-corrected chi connectivity index (χ1v) is 7.70. The summed E-state index contributed by atoms with van der Waals surface area (Å²) >= 11 is 0. The highest BCUT2D eigenvalue weighted by molar-refractivity contribution is 6.07. The van der Waals surface area contributed by atoms with Crippen LogP contribution in [0.1, 0.15) is 46.3 Å². The molecule has 24 heavy (non-hydrogen) atoms. The molecule has 0 unspecified atom stereocenters. The number of nitrogens with zero attached hydrogens (tertiary/aromatic N) is 1. The van der Waals surface area contributed by atoms with Gasteiger partial charge in [-0.1, -0.05) is 66.6 Å². The Hall–Kier alpha value is -2.61. The third-order valence-electron chi connectivity index (χ3n) is 3.62. The number of carbonyl (C=O) groups is 1. The maximum absolute atomic E-state index is 13.7. The van der Waals surface area contributed by atoms with Gasteiger partial charge in [0.1, 0.15) is 0 Å². The molecule has 1 amide bonds. The first kappa shape index (κ1) is 9.63. The van der Waals surface area contributed by atoms with E-state index in [1.165, 1.54) is 0 Å². The van der Waals surface area contributed by atoms with Gasteiger partial charge in [-0.15, -0.1) is 0 Å². The van der Waals surface area contributed by atoms with Crippen molar-refractivity contribution >= 4 is 16.7 Å². The predicted octanol–water partition coefficient (Wildman–Crippen LogP) is 5.28. The molecule has 0 atom stereocenters. The van der Waals surface area contributed by atoms with Crippen molar-refractivity contribution in [3.05, 3.63) is 83.8 Å². The molecular weight excluding hydrogens is 294 g/mol. The van der Waals surface area contributed by atoms with Crippen LogP contribution in [0, 0.1) is 0 Å². The Labute approximate surface area is 153 Å². The molecule has 0 saturated heterocycles. The second-order valence-electron chi connectivity index (χ2n) is 6.45. The summed E-state index contributed by atoms with van der Waals surface area (Å²) in [6.45, 7) is 2.25. The SMILES string of the molecule is [2H]c1c([2H])c([2H])c(C([2H])([2H])N(C(=O)c2cccc3ccccc23)C(C)(C)C)c([2H])c1[2H]. The van der Waals surface area contributed by atoms with Crippen molar-refractivity contribution in [1.29, 1.82) is 0 Å². The second-order valence-corrected chi connectivity index (χ2v) is 6.45. The minimum absolute atomic E-state index is 0.268. The highest BCUT2D eigenvalue weighted by Crippen LogP contribution is 2.25. The fraction of sp³-hybridized carbons (Fsp3) is 0.227. The van der Waals surface area contributed by atoms with Crippen molar-refractivity contribution in [2.24, 2.45) is 0 Å². The van der Waals surface area contributed by atoms with E-state index in [1.807, 2.05) is 18.2 Å². The van der Waals surface area contributed by atoms with Crippen LogP contribution in [-0.4, -0.2) is 16.3 Å². The molecule has 2 nitrogen and oxygen atoms in total. The number of fused-ring (bicyclic) bond motifs is 1. The molecule has 0 heterocycles. The minimum atomic E-state index is -2.68. The third kappa shape index (κ3) is 3.33. The maximum Gasteiger partial charge on any atom is 0.255 e. The van der Waals surface area contributed by atoms with Crippen molar-refractivity contribution in [1.82, 2.24) is 4.90 Å². The molecule has 0 aromatic heterocycles. The number of amides is 1. The Morgan fingerprint density at radius 1 is 1.04 bits per heavy atom. The number of rotatable bonds is 3. The maximum atomic E-state index is 13.7. The fourth-order valence-corrected chi connectivity index (χ4v) is 2.47. The molecule has 0 bridgehead atoms. The van der Waals surface area contributed by atoms with Crippen LogP contribution in [-0.2, 0) is 6.50 Å².